The van der Waals surface area contributed by atoms with Crippen LogP contribution in [0.5, 0.6) is 0 Å². The van der Waals surface area contributed by atoms with Crippen LogP contribution in [0.2, 0.25) is 0 Å². The van der Waals surface area contributed by atoms with E-state index < -0.39 is 5.79 Å². The maximum absolute atomic E-state index is 10.7. The van der Waals surface area contributed by atoms with Crippen LogP contribution in [-0.4, -0.2) is 29.7 Å². The summed E-state index contributed by atoms with van der Waals surface area (Å²) >= 11 is 0. The van der Waals surface area contributed by atoms with Crippen LogP contribution < -0.4 is 0 Å². The van der Waals surface area contributed by atoms with E-state index in [9.17, 15) is 5.11 Å². The maximum Gasteiger partial charge on any atom is 0.205 e. The second-order valence-corrected chi connectivity index (χ2v) is 5.20. The van der Waals surface area contributed by atoms with E-state index in [1.54, 1.807) is 0 Å². The Bertz CT molecular complexity index is 549. The van der Waals surface area contributed by atoms with Crippen LogP contribution in [0.1, 0.15) is 11.1 Å². The SMILES string of the molecule is Cl.OC1(c2ccccc2)CN(Cc2ccccc2)CCO1. The lowest BCUT2D eigenvalue weighted by Gasteiger charge is -2.39. The number of aliphatic hydroxyl groups is 1. The molecule has 1 saturated heterocycles. The molecule has 4 heteroatoms. The van der Waals surface area contributed by atoms with Crippen molar-refractivity contribution in [3.05, 3.63) is 71.8 Å². The third-order valence-corrected chi connectivity index (χ3v) is 3.66. The first-order chi connectivity index (χ1) is 9.76. The van der Waals surface area contributed by atoms with Crippen molar-refractivity contribution in [3.8, 4) is 0 Å². The summed E-state index contributed by atoms with van der Waals surface area (Å²) in [4.78, 5) is 2.23. The molecule has 1 aliphatic heterocycles. The van der Waals surface area contributed by atoms with Gasteiger partial charge in [-0.1, -0.05) is 60.7 Å². The van der Waals surface area contributed by atoms with E-state index in [-0.39, 0.29) is 12.4 Å². The Kier molecular flexibility index (Phi) is 5.37. The normalized spacial score (nSPS) is 22.5. The van der Waals surface area contributed by atoms with Gasteiger partial charge in [-0.05, 0) is 5.56 Å². The molecule has 1 heterocycles. The minimum Gasteiger partial charge on any atom is -0.361 e. The summed E-state index contributed by atoms with van der Waals surface area (Å²) in [6, 6.07) is 19.9. The number of hydrogen-bond donors (Lipinski definition) is 1. The summed E-state index contributed by atoms with van der Waals surface area (Å²) in [7, 11) is 0. The highest BCUT2D eigenvalue weighted by Gasteiger charge is 2.36. The average Bonchev–Trinajstić information content (AvgIpc) is 2.49. The Morgan fingerprint density at radius 1 is 1.00 bits per heavy atom. The number of ether oxygens (including phenoxy) is 1. The summed E-state index contributed by atoms with van der Waals surface area (Å²) in [5.41, 5.74) is 2.07. The number of benzene rings is 2. The molecule has 0 aliphatic carbocycles. The molecular weight excluding hydrogens is 286 g/mol. The maximum atomic E-state index is 10.7. The van der Waals surface area contributed by atoms with E-state index in [4.69, 9.17) is 4.74 Å². The first kappa shape index (κ1) is 16.0. The molecule has 3 rings (SSSR count). The predicted molar refractivity (Wildman–Crippen MR) is 85.3 cm³/mol. The second kappa shape index (κ2) is 7.05. The Labute approximate surface area is 131 Å². The molecule has 1 fully saturated rings. The minimum atomic E-state index is -1.20. The molecule has 2 aromatic rings. The minimum absolute atomic E-state index is 0. The summed E-state index contributed by atoms with van der Waals surface area (Å²) in [5.74, 6) is -1.20. The molecular formula is C17H20ClNO2. The van der Waals surface area contributed by atoms with Crippen LogP contribution in [-0.2, 0) is 17.1 Å². The Morgan fingerprint density at radius 2 is 1.62 bits per heavy atom. The first-order valence-electron chi connectivity index (χ1n) is 6.94. The first-order valence-corrected chi connectivity index (χ1v) is 6.94. The number of rotatable bonds is 3. The van der Waals surface area contributed by atoms with Gasteiger partial charge in [-0.25, -0.2) is 0 Å². The highest BCUT2D eigenvalue weighted by molar-refractivity contribution is 5.85. The molecule has 0 aromatic heterocycles. The Balaban J connectivity index is 0.00000161. The second-order valence-electron chi connectivity index (χ2n) is 5.20. The monoisotopic (exact) mass is 305 g/mol. The van der Waals surface area contributed by atoms with E-state index in [0.717, 1.165) is 18.7 Å². The van der Waals surface area contributed by atoms with Gasteiger partial charge in [0, 0.05) is 18.7 Å². The molecule has 0 saturated carbocycles. The highest BCUT2D eigenvalue weighted by Crippen LogP contribution is 2.27. The lowest BCUT2D eigenvalue weighted by Crippen LogP contribution is -2.49. The van der Waals surface area contributed by atoms with Gasteiger partial charge in [-0.3, -0.25) is 4.90 Å². The van der Waals surface area contributed by atoms with Crippen molar-refractivity contribution in [3.63, 3.8) is 0 Å². The van der Waals surface area contributed by atoms with Crippen LogP contribution in [0.4, 0.5) is 0 Å². The van der Waals surface area contributed by atoms with Gasteiger partial charge in [0.05, 0.1) is 13.2 Å². The van der Waals surface area contributed by atoms with Crippen molar-refractivity contribution in [2.75, 3.05) is 19.7 Å². The number of β-amino-alcohol motifs (C(OH)–C–C–N with tert-alkyl or cyclic N) is 1. The van der Waals surface area contributed by atoms with Crippen molar-refractivity contribution in [2.24, 2.45) is 0 Å². The summed E-state index contributed by atoms with van der Waals surface area (Å²) in [5, 5.41) is 10.7. The van der Waals surface area contributed by atoms with Crippen molar-refractivity contribution >= 4 is 12.4 Å². The van der Waals surface area contributed by atoms with E-state index in [0.29, 0.717) is 13.2 Å². The number of halogens is 1. The average molecular weight is 306 g/mol. The van der Waals surface area contributed by atoms with Crippen LogP contribution in [0, 0.1) is 0 Å². The molecule has 2 aromatic carbocycles. The van der Waals surface area contributed by atoms with Crippen molar-refractivity contribution < 1.29 is 9.84 Å². The third kappa shape index (κ3) is 3.83. The number of morpholine rings is 1. The van der Waals surface area contributed by atoms with Crippen LogP contribution >= 0.6 is 12.4 Å². The van der Waals surface area contributed by atoms with Crippen LogP contribution in [0.25, 0.3) is 0 Å². The van der Waals surface area contributed by atoms with Crippen molar-refractivity contribution in [2.45, 2.75) is 12.3 Å². The van der Waals surface area contributed by atoms with E-state index in [2.05, 4.69) is 17.0 Å². The smallest absolute Gasteiger partial charge is 0.205 e. The quantitative estimate of drug-likeness (QED) is 0.946. The van der Waals surface area contributed by atoms with Gasteiger partial charge in [-0.2, -0.15) is 0 Å². The van der Waals surface area contributed by atoms with Gasteiger partial charge < -0.3 is 9.84 Å². The topological polar surface area (TPSA) is 32.7 Å². The standard InChI is InChI=1S/C17H19NO2.ClH/c19-17(16-9-5-2-6-10-16)14-18(11-12-20-17)13-15-7-3-1-4-8-15;/h1-10,19H,11-14H2;1H. The molecule has 112 valence electrons. The summed E-state index contributed by atoms with van der Waals surface area (Å²) < 4.78 is 5.63. The van der Waals surface area contributed by atoms with Crippen molar-refractivity contribution in [1.82, 2.24) is 4.90 Å². The number of nitrogens with zero attached hydrogens (tertiary/aromatic N) is 1. The van der Waals surface area contributed by atoms with E-state index in [1.165, 1.54) is 5.56 Å². The zero-order chi connectivity index (χ0) is 13.8. The van der Waals surface area contributed by atoms with Gasteiger partial charge in [-0.15, -0.1) is 12.4 Å². The largest absolute Gasteiger partial charge is 0.361 e. The molecule has 0 radical (unpaired) electrons. The van der Waals surface area contributed by atoms with E-state index in [1.807, 2.05) is 48.5 Å². The predicted octanol–water partition coefficient (Wildman–Crippen LogP) is 2.79. The summed E-state index contributed by atoms with van der Waals surface area (Å²) in [6.07, 6.45) is 0. The molecule has 0 amide bonds. The molecule has 1 N–H and O–H groups in total. The fourth-order valence-electron chi connectivity index (χ4n) is 2.62. The van der Waals surface area contributed by atoms with E-state index >= 15 is 0 Å². The zero-order valence-electron chi connectivity index (χ0n) is 11.8. The van der Waals surface area contributed by atoms with Crippen LogP contribution in [0.15, 0.2) is 60.7 Å². The highest BCUT2D eigenvalue weighted by atomic mass is 35.5. The molecule has 0 bridgehead atoms. The molecule has 1 unspecified atom stereocenters. The fraction of sp³-hybridized carbons (Fsp3) is 0.294. The molecule has 1 aliphatic rings. The number of hydrogen-bond acceptors (Lipinski definition) is 3. The third-order valence-electron chi connectivity index (χ3n) is 3.66. The summed E-state index contributed by atoms with van der Waals surface area (Å²) in [6.45, 7) is 2.70. The lowest BCUT2D eigenvalue weighted by atomic mass is 10.0. The molecule has 21 heavy (non-hydrogen) atoms. The van der Waals surface area contributed by atoms with Gasteiger partial charge in [0.1, 0.15) is 0 Å². The van der Waals surface area contributed by atoms with Crippen LogP contribution in [0.3, 0.4) is 0 Å². The molecule has 0 spiro atoms. The van der Waals surface area contributed by atoms with Gasteiger partial charge in [0.2, 0.25) is 5.79 Å². The van der Waals surface area contributed by atoms with Gasteiger partial charge >= 0.3 is 0 Å². The lowest BCUT2D eigenvalue weighted by molar-refractivity contribution is -0.249. The molecule has 1 atom stereocenters. The fourth-order valence-corrected chi connectivity index (χ4v) is 2.62. The van der Waals surface area contributed by atoms with Crippen molar-refractivity contribution in [1.29, 1.82) is 0 Å². The zero-order valence-corrected chi connectivity index (χ0v) is 12.6. The van der Waals surface area contributed by atoms with Gasteiger partial charge in [0.25, 0.3) is 0 Å². The molecule has 3 nitrogen and oxygen atoms in total. The Morgan fingerprint density at radius 3 is 2.29 bits per heavy atom. The van der Waals surface area contributed by atoms with Gasteiger partial charge in [0.15, 0.2) is 0 Å². The Hall–Kier alpha value is -1.39.